The van der Waals surface area contributed by atoms with E-state index >= 15 is 0 Å². The number of hydrogen-bond acceptors (Lipinski definition) is 6. The highest BCUT2D eigenvalue weighted by Gasteiger charge is 2.49. The highest BCUT2D eigenvalue weighted by Crippen LogP contribution is 2.46. The number of anilines is 1. The minimum Gasteiger partial charge on any atom is -0.464 e. The molecule has 3 heterocycles. The number of hydrogen-bond donors (Lipinski definition) is 0. The molecule has 152 valence electrons. The molecule has 2 aliphatic rings. The third-order valence-electron chi connectivity index (χ3n) is 5.82. The summed E-state index contributed by atoms with van der Waals surface area (Å²) in [4.78, 5) is 36.8. The van der Waals surface area contributed by atoms with Gasteiger partial charge in [0.05, 0.1) is 25.5 Å². The summed E-state index contributed by atoms with van der Waals surface area (Å²) in [6.07, 6.45) is 3.42. The van der Waals surface area contributed by atoms with Crippen LogP contribution in [0.5, 0.6) is 0 Å². The largest absolute Gasteiger partial charge is 0.464 e. The molecule has 29 heavy (non-hydrogen) atoms. The number of carbonyl (C=O) groups is 2. The maximum Gasteiger partial charge on any atom is 0.358 e. The Labute approximate surface area is 168 Å². The van der Waals surface area contributed by atoms with E-state index in [0.717, 1.165) is 5.56 Å². The van der Waals surface area contributed by atoms with Crippen LogP contribution < -0.4 is 4.90 Å². The molecule has 0 unspecified atom stereocenters. The van der Waals surface area contributed by atoms with Crippen LogP contribution in [-0.4, -0.2) is 53.5 Å². The highest BCUT2D eigenvalue weighted by molar-refractivity contribution is 5.87. The van der Waals surface area contributed by atoms with Crippen molar-refractivity contribution in [3.05, 3.63) is 53.7 Å². The minimum absolute atomic E-state index is 0.0766. The van der Waals surface area contributed by atoms with E-state index in [9.17, 15) is 14.0 Å². The Morgan fingerprint density at radius 1 is 1.24 bits per heavy atom. The van der Waals surface area contributed by atoms with E-state index in [2.05, 4.69) is 14.9 Å². The third-order valence-corrected chi connectivity index (χ3v) is 5.82. The highest BCUT2D eigenvalue weighted by atomic mass is 19.1. The Balaban J connectivity index is 1.62. The maximum absolute atomic E-state index is 13.9. The molecule has 2 aromatic rings. The van der Waals surface area contributed by atoms with E-state index in [0.29, 0.717) is 31.9 Å². The standard InChI is InChI=1S/C21H23FN4O3/c1-3-19(27)26-11-14-10-25(18-9-23-8-17(24-18)21(28)29-2)12-16(14)20(26)13-5-4-6-15(22)7-13/h4-9,14,16,20H,3,10-12H2,1-2H3/t14-,16-,20-/m0/s1. The van der Waals surface area contributed by atoms with Crippen LogP contribution in [-0.2, 0) is 9.53 Å². The monoisotopic (exact) mass is 398 g/mol. The lowest BCUT2D eigenvalue weighted by Crippen LogP contribution is -2.35. The molecule has 0 N–H and O–H groups in total. The Kier molecular flexibility index (Phi) is 5.17. The van der Waals surface area contributed by atoms with Gasteiger partial charge in [0, 0.05) is 37.9 Å². The molecule has 0 aliphatic carbocycles. The first kappa shape index (κ1) is 19.3. The molecular weight excluding hydrogens is 375 g/mol. The van der Waals surface area contributed by atoms with Crippen molar-refractivity contribution in [2.75, 3.05) is 31.6 Å². The molecule has 4 rings (SSSR count). The first-order chi connectivity index (χ1) is 14.0. The van der Waals surface area contributed by atoms with Crippen LogP contribution in [0.4, 0.5) is 10.2 Å². The summed E-state index contributed by atoms with van der Waals surface area (Å²) in [5.74, 6) is 0.233. The molecule has 1 aromatic carbocycles. The van der Waals surface area contributed by atoms with Crippen molar-refractivity contribution < 1.29 is 18.7 Å². The van der Waals surface area contributed by atoms with Crippen molar-refractivity contribution in [3.63, 3.8) is 0 Å². The summed E-state index contributed by atoms with van der Waals surface area (Å²) in [5.41, 5.74) is 0.974. The number of rotatable bonds is 4. The molecular formula is C21H23FN4O3. The van der Waals surface area contributed by atoms with E-state index in [1.807, 2.05) is 17.9 Å². The van der Waals surface area contributed by atoms with Gasteiger partial charge in [-0.15, -0.1) is 0 Å². The van der Waals surface area contributed by atoms with Crippen LogP contribution in [0.1, 0.15) is 35.4 Å². The molecule has 3 atom stereocenters. The number of amides is 1. The topological polar surface area (TPSA) is 75.6 Å². The zero-order valence-corrected chi connectivity index (χ0v) is 16.4. The zero-order valence-electron chi connectivity index (χ0n) is 16.4. The van der Waals surface area contributed by atoms with Crippen LogP contribution in [0.3, 0.4) is 0 Å². The van der Waals surface area contributed by atoms with E-state index in [1.165, 1.54) is 25.4 Å². The molecule has 1 amide bonds. The Bertz CT molecular complexity index is 938. The summed E-state index contributed by atoms with van der Waals surface area (Å²) in [5, 5.41) is 0. The van der Waals surface area contributed by atoms with Crippen molar-refractivity contribution in [2.45, 2.75) is 19.4 Å². The van der Waals surface area contributed by atoms with E-state index in [-0.39, 0.29) is 35.3 Å². The van der Waals surface area contributed by atoms with Gasteiger partial charge in [0.2, 0.25) is 5.91 Å². The second-order valence-electron chi connectivity index (χ2n) is 7.48. The van der Waals surface area contributed by atoms with Crippen molar-refractivity contribution in [1.29, 1.82) is 0 Å². The average molecular weight is 398 g/mol. The average Bonchev–Trinajstić information content (AvgIpc) is 3.30. The van der Waals surface area contributed by atoms with Gasteiger partial charge in [0.15, 0.2) is 5.69 Å². The second-order valence-corrected chi connectivity index (χ2v) is 7.48. The van der Waals surface area contributed by atoms with Crippen LogP contribution in [0.25, 0.3) is 0 Å². The fourth-order valence-electron chi connectivity index (χ4n) is 4.52. The van der Waals surface area contributed by atoms with Crippen LogP contribution in [0, 0.1) is 17.7 Å². The van der Waals surface area contributed by atoms with Gasteiger partial charge in [-0.1, -0.05) is 19.1 Å². The summed E-state index contributed by atoms with van der Waals surface area (Å²) in [6, 6.07) is 6.32. The van der Waals surface area contributed by atoms with Gasteiger partial charge >= 0.3 is 5.97 Å². The van der Waals surface area contributed by atoms with Gasteiger partial charge < -0.3 is 14.5 Å². The summed E-state index contributed by atoms with van der Waals surface area (Å²) < 4.78 is 18.6. The number of likely N-dealkylation sites (tertiary alicyclic amines) is 1. The zero-order chi connectivity index (χ0) is 20.5. The first-order valence-corrected chi connectivity index (χ1v) is 9.72. The summed E-state index contributed by atoms with van der Waals surface area (Å²) in [7, 11) is 1.31. The maximum atomic E-state index is 13.9. The molecule has 0 radical (unpaired) electrons. The normalized spacial score (nSPS) is 23.2. The van der Waals surface area contributed by atoms with Crippen molar-refractivity contribution >= 4 is 17.7 Å². The first-order valence-electron chi connectivity index (χ1n) is 9.72. The second kappa shape index (κ2) is 7.77. The van der Waals surface area contributed by atoms with Crippen molar-refractivity contribution in [2.24, 2.45) is 11.8 Å². The van der Waals surface area contributed by atoms with Crippen molar-refractivity contribution in [1.82, 2.24) is 14.9 Å². The summed E-state index contributed by atoms with van der Waals surface area (Å²) in [6.45, 7) is 3.82. The molecule has 1 aromatic heterocycles. The number of nitrogens with zero attached hydrogens (tertiary/aromatic N) is 4. The van der Waals surface area contributed by atoms with Gasteiger partial charge in [-0.2, -0.15) is 0 Å². The summed E-state index contributed by atoms with van der Waals surface area (Å²) >= 11 is 0. The van der Waals surface area contributed by atoms with Gasteiger partial charge in [-0.3, -0.25) is 9.78 Å². The van der Waals surface area contributed by atoms with Gasteiger partial charge in [0.25, 0.3) is 0 Å². The fraction of sp³-hybridized carbons (Fsp3) is 0.429. The number of fused-ring (bicyclic) bond motifs is 1. The molecule has 2 fully saturated rings. The SMILES string of the molecule is CCC(=O)N1C[C@@H]2CN(c3cncc(C(=O)OC)n3)C[C@@H]2[C@@H]1c1cccc(F)c1. The predicted molar refractivity (Wildman–Crippen MR) is 104 cm³/mol. The number of carbonyl (C=O) groups excluding carboxylic acids is 2. The van der Waals surface area contributed by atoms with Gasteiger partial charge in [-0.25, -0.2) is 14.2 Å². The lowest BCUT2D eigenvalue weighted by molar-refractivity contribution is -0.132. The van der Waals surface area contributed by atoms with Gasteiger partial charge in [-0.05, 0) is 17.7 Å². The van der Waals surface area contributed by atoms with Crippen LogP contribution in [0.15, 0.2) is 36.7 Å². The lowest BCUT2D eigenvalue weighted by Gasteiger charge is -2.30. The molecule has 0 bridgehead atoms. The predicted octanol–water partition coefficient (Wildman–Crippen LogP) is 2.45. The molecule has 7 nitrogen and oxygen atoms in total. The van der Waals surface area contributed by atoms with E-state index in [1.54, 1.807) is 12.3 Å². The fourth-order valence-corrected chi connectivity index (χ4v) is 4.52. The molecule has 8 heteroatoms. The number of benzene rings is 1. The Hall–Kier alpha value is -3.03. The molecule has 2 aliphatic heterocycles. The van der Waals surface area contributed by atoms with Crippen LogP contribution >= 0.6 is 0 Å². The quantitative estimate of drug-likeness (QED) is 0.737. The Morgan fingerprint density at radius 2 is 2.07 bits per heavy atom. The molecule has 0 spiro atoms. The molecule has 0 saturated carbocycles. The van der Waals surface area contributed by atoms with E-state index in [4.69, 9.17) is 4.74 Å². The lowest BCUT2D eigenvalue weighted by atomic mass is 9.89. The van der Waals surface area contributed by atoms with Gasteiger partial charge in [0.1, 0.15) is 11.6 Å². The number of methoxy groups -OCH3 is 1. The number of aromatic nitrogens is 2. The van der Waals surface area contributed by atoms with Crippen LogP contribution in [0.2, 0.25) is 0 Å². The molecule has 2 saturated heterocycles. The number of esters is 1. The smallest absolute Gasteiger partial charge is 0.358 e. The number of ether oxygens (including phenoxy) is 1. The number of halogens is 1. The Morgan fingerprint density at radius 3 is 2.79 bits per heavy atom. The third kappa shape index (κ3) is 3.54. The van der Waals surface area contributed by atoms with Crippen molar-refractivity contribution in [3.8, 4) is 0 Å². The minimum atomic E-state index is -0.531. The van der Waals surface area contributed by atoms with E-state index < -0.39 is 5.97 Å².